The van der Waals surface area contributed by atoms with Gasteiger partial charge in [-0.2, -0.15) is 0 Å². The van der Waals surface area contributed by atoms with E-state index < -0.39 is 17.0 Å². The molecule has 0 fully saturated rings. The molecular formula is C15H31N3O2. The Balaban J connectivity index is 4.63. The van der Waals surface area contributed by atoms with E-state index in [9.17, 15) is 9.59 Å². The summed E-state index contributed by atoms with van der Waals surface area (Å²) in [6.07, 6.45) is 0.801. The summed E-state index contributed by atoms with van der Waals surface area (Å²) < 4.78 is 0. The monoisotopic (exact) mass is 285 g/mol. The van der Waals surface area contributed by atoms with Gasteiger partial charge in [0.2, 0.25) is 11.8 Å². The molecular weight excluding hydrogens is 254 g/mol. The van der Waals surface area contributed by atoms with Crippen LogP contribution in [0, 0.1) is 11.3 Å². The van der Waals surface area contributed by atoms with Crippen LogP contribution in [0.5, 0.6) is 0 Å². The minimum Gasteiger partial charge on any atom is -0.348 e. The Morgan fingerprint density at radius 3 is 1.95 bits per heavy atom. The van der Waals surface area contributed by atoms with Crippen molar-refractivity contribution in [3.8, 4) is 0 Å². The van der Waals surface area contributed by atoms with Gasteiger partial charge in [-0.05, 0) is 26.2 Å². The van der Waals surface area contributed by atoms with Crippen LogP contribution in [0.25, 0.3) is 0 Å². The van der Waals surface area contributed by atoms with Crippen LogP contribution < -0.4 is 16.4 Å². The molecule has 0 saturated carbocycles. The first-order chi connectivity index (χ1) is 8.91. The summed E-state index contributed by atoms with van der Waals surface area (Å²) in [6.45, 7) is 13.6. The third-order valence-corrected chi connectivity index (χ3v) is 3.16. The van der Waals surface area contributed by atoms with Crippen LogP contribution in [0.4, 0.5) is 0 Å². The third-order valence-electron chi connectivity index (χ3n) is 3.16. The van der Waals surface area contributed by atoms with Crippen LogP contribution in [0.3, 0.4) is 0 Å². The molecule has 4 N–H and O–H groups in total. The van der Waals surface area contributed by atoms with Crippen LogP contribution in [-0.2, 0) is 9.59 Å². The molecule has 0 aromatic heterocycles. The van der Waals surface area contributed by atoms with Crippen LogP contribution in [0.1, 0.15) is 54.9 Å². The highest BCUT2D eigenvalue weighted by Gasteiger charge is 2.30. The number of hydrogen-bond acceptors (Lipinski definition) is 3. The van der Waals surface area contributed by atoms with Gasteiger partial charge in [-0.1, -0.05) is 34.6 Å². The Morgan fingerprint density at radius 2 is 1.60 bits per heavy atom. The quantitative estimate of drug-likeness (QED) is 0.690. The Morgan fingerprint density at radius 1 is 1.10 bits per heavy atom. The second-order valence-corrected chi connectivity index (χ2v) is 7.30. The molecule has 0 radical (unpaired) electrons. The van der Waals surface area contributed by atoms with Crippen LogP contribution in [-0.4, -0.2) is 29.9 Å². The maximum atomic E-state index is 12.2. The van der Waals surface area contributed by atoms with Crippen LogP contribution in [0.2, 0.25) is 0 Å². The first-order valence-corrected chi connectivity index (χ1v) is 7.24. The highest BCUT2D eigenvalue weighted by Crippen LogP contribution is 2.16. The maximum absolute atomic E-state index is 12.2. The SMILES string of the molecule is CC(C)CC(C)(CN)NC(=O)C(C)NC(=O)C(C)(C)C. The lowest BCUT2D eigenvalue weighted by Gasteiger charge is -2.33. The number of amides is 2. The topological polar surface area (TPSA) is 84.2 Å². The maximum Gasteiger partial charge on any atom is 0.242 e. The molecule has 0 bridgehead atoms. The van der Waals surface area contributed by atoms with E-state index in [0.717, 1.165) is 6.42 Å². The zero-order chi connectivity index (χ0) is 16.1. The fourth-order valence-corrected chi connectivity index (χ4v) is 1.97. The fraction of sp³-hybridized carbons (Fsp3) is 0.867. The van der Waals surface area contributed by atoms with E-state index in [-0.39, 0.29) is 11.8 Å². The molecule has 0 saturated heterocycles. The van der Waals surface area contributed by atoms with Gasteiger partial charge in [0.1, 0.15) is 6.04 Å². The molecule has 118 valence electrons. The Bertz CT molecular complexity index is 348. The Hall–Kier alpha value is -1.10. The number of hydrogen-bond donors (Lipinski definition) is 3. The van der Waals surface area contributed by atoms with E-state index in [1.54, 1.807) is 6.92 Å². The lowest BCUT2D eigenvalue weighted by Crippen LogP contribution is -2.57. The average Bonchev–Trinajstić information content (AvgIpc) is 2.26. The van der Waals surface area contributed by atoms with E-state index in [0.29, 0.717) is 12.5 Å². The fourth-order valence-electron chi connectivity index (χ4n) is 1.97. The number of carbonyl (C=O) groups is 2. The minimum atomic E-state index is -0.570. The number of rotatable bonds is 6. The number of carbonyl (C=O) groups excluding carboxylic acids is 2. The molecule has 0 spiro atoms. The molecule has 5 heteroatoms. The van der Waals surface area contributed by atoms with Gasteiger partial charge in [0.05, 0.1) is 0 Å². The first kappa shape index (κ1) is 18.9. The molecule has 0 aliphatic heterocycles. The Kier molecular flexibility index (Phi) is 6.68. The number of nitrogens with two attached hydrogens (primary N) is 1. The van der Waals surface area contributed by atoms with E-state index in [1.165, 1.54) is 0 Å². The number of nitrogens with one attached hydrogen (secondary N) is 2. The normalized spacial score (nSPS) is 16.4. The lowest BCUT2D eigenvalue weighted by molar-refractivity contribution is -0.133. The predicted octanol–water partition coefficient (Wildman–Crippen LogP) is 1.42. The molecule has 0 rings (SSSR count). The molecule has 5 nitrogen and oxygen atoms in total. The van der Waals surface area contributed by atoms with Crippen molar-refractivity contribution in [2.75, 3.05) is 6.54 Å². The summed E-state index contributed by atoms with van der Waals surface area (Å²) in [7, 11) is 0. The van der Waals surface area contributed by atoms with E-state index in [2.05, 4.69) is 24.5 Å². The largest absolute Gasteiger partial charge is 0.348 e. The van der Waals surface area contributed by atoms with Crippen LogP contribution in [0.15, 0.2) is 0 Å². The van der Waals surface area contributed by atoms with Gasteiger partial charge >= 0.3 is 0 Å². The Labute approximate surface area is 123 Å². The summed E-state index contributed by atoms with van der Waals surface area (Å²) in [5.41, 5.74) is 4.82. The molecule has 0 heterocycles. The van der Waals surface area contributed by atoms with E-state index in [4.69, 9.17) is 5.73 Å². The summed E-state index contributed by atoms with van der Waals surface area (Å²) >= 11 is 0. The zero-order valence-corrected chi connectivity index (χ0v) is 14.0. The average molecular weight is 285 g/mol. The highest BCUT2D eigenvalue weighted by molar-refractivity contribution is 5.89. The highest BCUT2D eigenvalue weighted by atomic mass is 16.2. The second-order valence-electron chi connectivity index (χ2n) is 7.30. The standard InChI is InChI=1S/C15H31N3O2/c1-10(2)8-15(7,9-16)18-12(19)11(3)17-13(20)14(4,5)6/h10-11H,8-9,16H2,1-7H3,(H,17,20)(H,18,19). The van der Waals surface area contributed by atoms with Gasteiger partial charge in [-0.25, -0.2) is 0 Å². The van der Waals surface area contributed by atoms with Gasteiger partial charge in [0, 0.05) is 17.5 Å². The summed E-state index contributed by atoms with van der Waals surface area (Å²) in [5, 5.41) is 5.68. The molecule has 0 aliphatic rings. The van der Waals surface area contributed by atoms with Gasteiger partial charge in [0.25, 0.3) is 0 Å². The molecule has 0 aromatic rings. The van der Waals surface area contributed by atoms with Gasteiger partial charge in [0.15, 0.2) is 0 Å². The third kappa shape index (κ3) is 6.37. The predicted molar refractivity (Wildman–Crippen MR) is 82.1 cm³/mol. The molecule has 20 heavy (non-hydrogen) atoms. The van der Waals surface area contributed by atoms with E-state index in [1.807, 2.05) is 27.7 Å². The minimum absolute atomic E-state index is 0.140. The summed E-state index contributed by atoms with van der Waals surface area (Å²) in [6, 6.07) is -0.570. The molecule has 2 atom stereocenters. The van der Waals surface area contributed by atoms with Gasteiger partial charge in [-0.3, -0.25) is 9.59 Å². The van der Waals surface area contributed by atoms with Gasteiger partial charge < -0.3 is 16.4 Å². The smallest absolute Gasteiger partial charge is 0.242 e. The molecule has 0 aromatic carbocycles. The van der Waals surface area contributed by atoms with Crippen molar-refractivity contribution in [2.24, 2.45) is 17.1 Å². The zero-order valence-electron chi connectivity index (χ0n) is 14.0. The van der Waals surface area contributed by atoms with Gasteiger partial charge in [-0.15, -0.1) is 0 Å². The van der Waals surface area contributed by atoms with Crippen molar-refractivity contribution >= 4 is 11.8 Å². The molecule has 0 aliphatic carbocycles. The van der Waals surface area contributed by atoms with Crippen LogP contribution >= 0.6 is 0 Å². The summed E-state index contributed by atoms with van der Waals surface area (Å²) in [5.74, 6) is 0.0954. The van der Waals surface area contributed by atoms with Crippen molar-refractivity contribution in [1.29, 1.82) is 0 Å². The first-order valence-electron chi connectivity index (χ1n) is 7.24. The molecule has 2 amide bonds. The summed E-state index contributed by atoms with van der Waals surface area (Å²) in [4.78, 5) is 24.1. The van der Waals surface area contributed by atoms with E-state index >= 15 is 0 Å². The second kappa shape index (κ2) is 7.07. The van der Waals surface area contributed by atoms with Crippen molar-refractivity contribution in [3.63, 3.8) is 0 Å². The van der Waals surface area contributed by atoms with Crippen molar-refractivity contribution in [3.05, 3.63) is 0 Å². The van der Waals surface area contributed by atoms with Crippen molar-refractivity contribution in [1.82, 2.24) is 10.6 Å². The lowest BCUT2D eigenvalue weighted by atomic mass is 9.90. The molecule has 2 unspecified atom stereocenters. The van der Waals surface area contributed by atoms with Crippen molar-refractivity contribution in [2.45, 2.75) is 66.5 Å². The van der Waals surface area contributed by atoms with Crippen molar-refractivity contribution < 1.29 is 9.59 Å².